The van der Waals surface area contributed by atoms with Crippen LogP contribution in [0, 0.1) is 47.3 Å². The minimum absolute atomic E-state index is 0.0217. The zero-order valence-corrected chi connectivity index (χ0v) is 64.7. The predicted molar refractivity (Wildman–Crippen MR) is 384 cm³/mol. The van der Waals surface area contributed by atoms with E-state index < -0.39 is 199 Å². The Kier molecular flexibility index (Phi) is 30.2. The maximum absolute atomic E-state index is 15.7. The second-order valence-corrected chi connectivity index (χ2v) is 32.6. The summed E-state index contributed by atoms with van der Waals surface area (Å²) in [6.45, 7) is 10.0. The van der Waals surface area contributed by atoms with Crippen LogP contribution < -0.4 is 16.0 Å². The summed E-state index contributed by atoms with van der Waals surface area (Å²) in [6.07, 6.45) is -0.864. The molecule has 2 bridgehead atoms. The quantitative estimate of drug-likeness (QED) is 0.134. The van der Waals surface area contributed by atoms with Crippen LogP contribution in [0.25, 0.3) is 0 Å². The van der Waals surface area contributed by atoms with E-state index in [4.69, 9.17) is 0 Å². The largest absolute Gasteiger partial charge is 0.397 e. The van der Waals surface area contributed by atoms with Gasteiger partial charge in [-0.05, 0) is 125 Å². The van der Waals surface area contributed by atoms with E-state index in [0.717, 1.165) is 35.5 Å². The Morgan fingerprint density at radius 3 is 1.84 bits per heavy atom. The van der Waals surface area contributed by atoms with Crippen LogP contribution in [0.3, 0.4) is 0 Å². The number of amides is 12. The van der Waals surface area contributed by atoms with Crippen molar-refractivity contribution in [2.45, 2.75) is 268 Å². The molecule has 0 aromatic rings. The molecular weight excluding hydrogens is 1370 g/mol. The fourth-order valence-corrected chi connectivity index (χ4v) is 17.4. The second-order valence-electron chi connectivity index (χ2n) is 32.6. The summed E-state index contributed by atoms with van der Waals surface area (Å²) in [4.78, 5) is 193. The topological polar surface area (TPSA) is 270 Å². The third-order valence-corrected chi connectivity index (χ3v) is 24.3. The normalized spacial score (nSPS) is 32.5. The van der Waals surface area contributed by atoms with Crippen molar-refractivity contribution < 1.29 is 79.5 Å². The smallest absolute Gasteiger partial charge is 0.347 e. The van der Waals surface area contributed by atoms with Crippen LogP contribution in [0.2, 0.25) is 0 Å². The van der Waals surface area contributed by atoms with Crippen LogP contribution in [0.15, 0.2) is 12.2 Å². The first-order valence-electron chi connectivity index (χ1n) is 38.6. The molecule has 0 radical (unpaired) electrons. The molecule has 7 rings (SSSR count). The Labute approximate surface area is 618 Å². The molecule has 592 valence electrons. The van der Waals surface area contributed by atoms with Crippen molar-refractivity contribution in [2.75, 3.05) is 82.6 Å². The third-order valence-electron chi connectivity index (χ3n) is 24.3. The van der Waals surface area contributed by atoms with Crippen LogP contribution in [-0.2, 0) is 57.5 Å². The van der Waals surface area contributed by atoms with E-state index >= 15 is 37.5 Å². The molecule has 6 fully saturated rings. The lowest BCUT2D eigenvalue weighted by Crippen LogP contribution is -2.65. The number of hydrogen-bond acceptors (Lipinski definition) is 12. The summed E-state index contributed by atoms with van der Waals surface area (Å²) in [5, 5.41) is 8.73. The van der Waals surface area contributed by atoms with E-state index in [-0.39, 0.29) is 82.2 Å². The number of carbonyl (C=O) groups is 12. The van der Waals surface area contributed by atoms with E-state index in [9.17, 15) is 41.9 Å². The first-order valence-corrected chi connectivity index (χ1v) is 38.6. The summed E-state index contributed by atoms with van der Waals surface area (Å²) in [7, 11) is 11.4. The fraction of sp³-hybridized carbons (Fsp3) is 0.816. The molecule has 105 heavy (non-hydrogen) atoms. The molecule has 3 aliphatic heterocycles. The van der Waals surface area contributed by atoms with E-state index in [1.807, 2.05) is 33.8 Å². The molecule has 12 amide bonds. The molecule has 24 nitrogen and oxygen atoms in total. The van der Waals surface area contributed by atoms with Gasteiger partial charge < -0.3 is 60.0 Å². The van der Waals surface area contributed by atoms with E-state index in [1.165, 1.54) is 90.7 Å². The van der Waals surface area contributed by atoms with Crippen LogP contribution in [0.4, 0.5) is 22.0 Å². The van der Waals surface area contributed by atoms with Gasteiger partial charge in [0, 0.05) is 69.5 Å². The lowest BCUT2D eigenvalue weighted by atomic mass is 9.76. The second kappa shape index (κ2) is 37.2. The molecular formula is C76H121F5N12O12. The minimum atomic E-state index is -5.16. The predicted octanol–water partition coefficient (Wildman–Crippen LogP) is 6.82. The SMILES string of the molecule is CC[C@@H]1C[C@H]2C(=O)NC3(CCCC3)C(=O)N(C)[C@@H](C3CCCC3)C(=O)N(C)[C@H](C(=O)N(C)C)CC(=O)N(C)[C@@H](CC(C)C)C(=O)N[C@@H]([C@@H](C)CC)C(=O)N(C)CC(=O)N(C)[C@H]3C/C=C\CCN(C3=O)[C@@H](CC3CCC(C)CC3)C(=O)N(C)CC(=O)N[C@@H](CCC3CC(F)C(C(F)(F)F)C(F)C3)C(=O)N2C1. The standard InChI is InChI=1S/C76H121F5N12O12/c1-15-47(6)64-72(103)87(10)44-62(96)88(11)55-26-18-17-23-35-92(71(55)102)59(40-49-29-27-46(5)28-30-49)70(101)86(9)43-60(94)82-54(32-31-50-37-52(77)63(53(78)38-50)76(79,80)81)68(99)93-42-48(16-2)39-57(93)67(98)84-75(33-21-22-34-75)74(105)91(14)65(51-24-19-20-25-51)73(104)90(13)58(69(100)85(7)8)41-61(95)89(12)56(36-45(3)4)66(97)83-64/h17-18,45-59,63-65H,15-16,19-44H2,1-14H3,(H,82,94)(H,83,97)(H,84,98)/b18-17-/t46?,47-,48+,49?,50?,52?,53?,54-,55-,56-,57-,58-,59-,63?,64-,65-/m0/s1. The fourth-order valence-electron chi connectivity index (χ4n) is 17.4. The van der Waals surface area contributed by atoms with Gasteiger partial charge in [0.25, 0.3) is 0 Å². The average Bonchev–Trinajstić information content (AvgIpc) is 1.65. The number of halogens is 5. The molecule has 4 aliphatic carbocycles. The van der Waals surface area contributed by atoms with Crippen molar-refractivity contribution in [1.29, 1.82) is 0 Å². The summed E-state index contributed by atoms with van der Waals surface area (Å²) >= 11 is 0. The molecule has 3 N–H and O–H groups in total. The molecule has 29 heteroatoms. The van der Waals surface area contributed by atoms with Gasteiger partial charge in [-0.3, -0.25) is 57.5 Å². The lowest BCUT2D eigenvalue weighted by Gasteiger charge is -2.42. The Bertz CT molecular complexity index is 3110. The first kappa shape index (κ1) is 85.3. The molecule has 2 unspecified atom stereocenters. The van der Waals surface area contributed by atoms with Crippen LogP contribution >= 0.6 is 0 Å². The van der Waals surface area contributed by atoms with Crippen molar-refractivity contribution >= 4 is 70.9 Å². The third kappa shape index (κ3) is 20.8. The number of fused-ring (bicyclic) bond motifs is 3. The van der Waals surface area contributed by atoms with Gasteiger partial charge in [-0.25, -0.2) is 8.78 Å². The van der Waals surface area contributed by atoms with Gasteiger partial charge >= 0.3 is 6.18 Å². The van der Waals surface area contributed by atoms with E-state index in [1.54, 1.807) is 13.0 Å². The number of nitrogens with zero attached hydrogens (tertiary/aromatic N) is 9. The van der Waals surface area contributed by atoms with Crippen LogP contribution in [-0.4, -0.2) is 270 Å². The van der Waals surface area contributed by atoms with Gasteiger partial charge in [-0.15, -0.1) is 0 Å². The zero-order chi connectivity index (χ0) is 77.9. The highest BCUT2D eigenvalue weighted by molar-refractivity contribution is 6.01. The summed E-state index contributed by atoms with van der Waals surface area (Å²) in [5.41, 5.74) is -1.63. The highest BCUT2D eigenvalue weighted by Gasteiger charge is 2.55. The van der Waals surface area contributed by atoms with Gasteiger partial charge in [0.05, 0.1) is 19.5 Å². The average molecular weight is 1490 g/mol. The van der Waals surface area contributed by atoms with Crippen molar-refractivity contribution in [1.82, 2.24) is 60.0 Å². The van der Waals surface area contributed by atoms with Crippen molar-refractivity contribution in [3.05, 3.63) is 12.2 Å². The lowest BCUT2D eigenvalue weighted by molar-refractivity contribution is -0.219. The summed E-state index contributed by atoms with van der Waals surface area (Å²) < 4.78 is 72.9. The van der Waals surface area contributed by atoms with Crippen LogP contribution in [0.5, 0.6) is 0 Å². The highest BCUT2D eigenvalue weighted by Crippen LogP contribution is 2.45. The van der Waals surface area contributed by atoms with Gasteiger partial charge in [-0.1, -0.05) is 118 Å². The minimum Gasteiger partial charge on any atom is -0.347 e. The number of alkyl halides is 5. The highest BCUT2D eigenvalue weighted by atomic mass is 19.4. The molecule has 0 aromatic carbocycles. The molecule has 4 saturated carbocycles. The molecule has 0 aromatic heterocycles. The monoisotopic (exact) mass is 1490 g/mol. The van der Waals surface area contributed by atoms with E-state index in [2.05, 4.69) is 22.9 Å². The summed E-state index contributed by atoms with van der Waals surface area (Å²) in [6, 6.07) is -10.4. The number of rotatable bonds is 12. The van der Waals surface area contributed by atoms with Crippen LogP contribution in [0.1, 0.15) is 196 Å². The van der Waals surface area contributed by atoms with Gasteiger partial charge in [-0.2, -0.15) is 13.2 Å². The zero-order valence-electron chi connectivity index (χ0n) is 64.7. The number of likely N-dealkylation sites (N-methyl/N-ethyl adjacent to an activating group) is 7. The Morgan fingerprint density at radius 1 is 0.638 bits per heavy atom. The molecule has 3 heterocycles. The first-order chi connectivity index (χ1) is 49.4. The van der Waals surface area contributed by atoms with Gasteiger partial charge in [0.1, 0.15) is 72.1 Å². The number of hydrogen-bond donors (Lipinski definition) is 3. The molecule has 7 aliphatic rings. The molecule has 1 spiro atoms. The Hall–Kier alpha value is -6.97. The summed E-state index contributed by atoms with van der Waals surface area (Å²) in [5.74, 6) is -13.1. The number of nitrogens with one attached hydrogen (secondary N) is 3. The van der Waals surface area contributed by atoms with Crippen molar-refractivity contribution in [3.63, 3.8) is 0 Å². The maximum atomic E-state index is 15.7. The molecule has 2 saturated heterocycles. The van der Waals surface area contributed by atoms with Gasteiger partial charge in [0.2, 0.25) is 70.9 Å². The van der Waals surface area contributed by atoms with Crippen molar-refractivity contribution in [3.8, 4) is 0 Å². The van der Waals surface area contributed by atoms with E-state index in [0.29, 0.717) is 63.7 Å². The maximum Gasteiger partial charge on any atom is 0.397 e. The van der Waals surface area contributed by atoms with Gasteiger partial charge in [0.15, 0.2) is 0 Å². The Balaban J connectivity index is 1.32. The Morgan fingerprint density at radius 2 is 1.26 bits per heavy atom. The molecule has 12 atom stereocenters. The van der Waals surface area contributed by atoms with Crippen molar-refractivity contribution in [2.24, 2.45) is 47.3 Å². The number of carbonyl (C=O) groups excluding carboxylic acids is 12.